The Morgan fingerprint density at radius 3 is 2.30 bits per heavy atom. The zero-order chi connectivity index (χ0) is 67.9. The molecule has 4 bridgehead atoms. The number of allylic oxidation sites excluding steroid dienone is 3. The number of benzene rings is 4. The second kappa shape index (κ2) is 30.0. The van der Waals surface area contributed by atoms with Crippen LogP contribution in [0.1, 0.15) is 115 Å². The van der Waals surface area contributed by atoms with Crippen LogP contribution in [0.3, 0.4) is 0 Å². The Kier molecular flexibility index (Phi) is 22.1. The minimum Gasteiger partial charge on any atom is -0.505 e. The van der Waals surface area contributed by atoms with Gasteiger partial charge in [-0.05, 0) is 105 Å². The maximum atomic E-state index is 14.9. The number of carbonyl (C=O) groups is 8. The van der Waals surface area contributed by atoms with Crippen molar-refractivity contribution in [1.29, 1.82) is 0 Å². The average Bonchev–Trinajstić information content (AvgIpc) is 1.39. The van der Waals surface area contributed by atoms with E-state index >= 15 is 0 Å². The highest BCUT2D eigenvalue weighted by atomic mass is 32.1. The number of imide groups is 1. The van der Waals surface area contributed by atoms with E-state index in [1.807, 2.05) is 44.2 Å². The number of methoxy groups -OCH3 is 1. The van der Waals surface area contributed by atoms with Gasteiger partial charge in [0.2, 0.25) is 17.7 Å². The van der Waals surface area contributed by atoms with E-state index in [2.05, 4.69) is 40.0 Å². The molecule has 1 saturated heterocycles. The molecule has 8 atom stereocenters. The van der Waals surface area contributed by atoms with Gasteiger partial charge in [0.05, 0.1) is 56.4 Å². The van der Waals surface area contributed by atoms with E-state index in [1.165, 1.54) is 50.7 Å². The summed E-state index contributed by atoms with van der Waals surface area (Å²) in [7, 11) is 1.53. The van der Waals surface area contributed by atoms with Crippen molar-refractivity contribution in [1.82, 2.24) is 25.4 Å². The molecule has 5 heterocycles. The number of aliphatic hydroxyl groups is 1. The third-order valence-corrected chi connectivity index (χ3v) is 19.0. The second-order valence-electron chi connectivity index (χ2n) is 25.5. The lowest BCUT2D eigenvalue weighted by Crippen LogP contribution is -2.51. The average molecular weight is 1310 g/mol. The van der Waals surface area contributed by atoms with Crippen molar-refractivity contribution >= 4 is 107 Å². The number of ether oxygens (including phenoxy) is 4. The summed E-state index contributed by atoms with van der Waals surface area (Å²) in [5.41, 5.74) is 2.19. The van der Waals surface area contributed by atoms with E-state index in [9.17, 15) is 53.4 Å². The standard InChI is InChI=1S/C70H84N8O15S/c1-38(2)58(74-51(79)17-12-11-13-27-78-53(81)24-25-54(78)82)68(88)71-36-52(80)72-46-20-18-45(19-21-46)37-91-69(89)77-30-28-76(29-31-77)47-22-23-48-50(35-47)94-65-59(73-48)55-56-62(84)44(8)64-57(55)66(86)70(9,93-64)92-32-26-49(90-10)43(7)61(83)42(6)34-40(4)33-39(3)15-14-16-41(5)67(87)75-60(65)63(56)85/h14-16,18-26,32,35,38-40,42-43,49,58,61,83,85H,11-13,17,27-31,33-34,36-37H2,1-10H3,(H,71,88)(H,72,80)(H,74,79)(H,75,87)/b15-14+,32-26+,41-16-/t39-,40+,42+,43+,49-,58?,61-,70-/m0/s1. The van der Waals surface area contributed by atoms with Gasteiger partial charge in [0, 0.05) is 99.1 Å². The molecule has 7 amide bonds. The fourth-order valence-corrected chi connectivity index (χ4v) is 13.6. The summed E-state index contributed by atoms with van der Waals surface area (Å²) in [6, 6.07) is 11.4. The van der Waals surface area contributed by atoms with Crippen LogP contribution in [-0.4, -0.2) is 143 Å². The molecule has 1 aromatic heterocycles. The normalized spacial score (nSPS) is 23.7. The molecule has 4 aromatic carbocycles. The number of piperazine rings is 1. The Morgan fingerprint density at radius 2 is 1.61 bits per heavy atom. The lowest BCUT2D eigenvalue weighted by molar-refractivity contribution is -0.137. The first-order valence-corrected chi connectivity index (χ1v) is 32.8. The molecule has 0 saturated carbocycles. The lowest BCUT2D eigenvalue weighted by atomic mass is 9.82. The number of nitrogens with zero attached hydrogens (tertiary/aromatic N) is 4. The molecule has 24 heteroatoms. The van der Waals surface area contributed by atoms with Crippen molar-refractivity contribution in [2.24, 2.45) is 29.6 Å². The number of Topliss-reactive ketones (excluding diaryl/α,β-unsaturated/α-hetero) is 1. The number of aliphatic hydroxyl groups excluding tert-OH is 1. The molecule has 6 N–H and O–H groups in total. The highest BCUT2D eigenvalue weighted by molar-refractivity contribution is 7.25. The molecule has 5 aromatic rings. The topological polar surface area (TPSA) is 302 Å². The molecule has 1 fully saturated rings. The van der Waals surface area contributed by atoms with Crippen LogP contribution < -0.4 is 36.3 Å². The van der Waals surface area contributed by atoms with Gasteiger partial charge in [0.25, 0.3) is 23.5 Å². The molecular weight excluding hydrogens is 1220 g/mol. The number of unbranched alkanes of at least 4 members (excludes halogenated alkanes) is 2. The Hall–Kier alpha value is -9.00. The number of ketones is 1. The van der Waals surface area contributed by atoms with Gasteiger partial charge in [-0.2, -0.15) is 0 Å². The summed E-state index contributed by atoms with van der Waals surface area (Å²) < 4.78 is 24.9. The molecule has 4 aliphatic rings. The van der Waals surface area contributed by atoms with Gasteiger partial charge in [-0.1, -0.05) is 78.3 Å². The first-order valence-electron chi connectivity index (χ1n) is 32.0. The molecular formula is C70H84N8O15S. The summed E-state index contributed by atoms with van der Waals surface area (Å²) in [5.74, 6) is -6.11. The van der Waals surface area contributed by atoms with Crippen LogP contribution in [0.25, 0.3) is 31.2 Å². The number of anilines is 3. The fraction of sp³-hybridized carbons (Fsp3) is 0.457. The van der Waals surface area contributed by atoms with Crippen molar-refractivity contribution in [3.05, 3.63) is 118 Å². The van der Waals surface area contributed by atoms with E-state index in [4.69, 9.17) is 23.9 Å². The van der Waals surface area contributed by atoms with Gasteiger partial charge in [0.15, 0.2) is 11.2 Å². The van der Waals surface area contributed by atoms with Crippen molar-refractivity contribution in [2.45, 2.75) is 131 Å². The van der Waals surface area contributed by atoms with Gasteiger partial charge in [-0.3, -0.25) is 43.3 Å². The maximum absolute atomic E-state index is 14.9. The fourth-order valence-electron chi connectivity index (χ4n) is 12.5. The largest absolute Gasteiger partial charge is 0.505 e. The quantitative estimate of drug-likeness (QED) is 0.0176. The number of aromatic hydroxyl groups is 1. The Bertz CT molecular complexity index is 3950. The molecule has 0 radical (unpaired) electrons. The number of hydrogen-bond donors (Lipinski definition) is 6. The summed E-state index contributed by atoms with van der Waals surface area (Å²) in [5, 5.41) is 34.7. The van der Waals surface area contributed by atoms with Crippen LogP contribution in [0.4, 0.5) is 21.9 Å². The maximum Gasteiger partial charge on any atom is 0.410 e. The molecule has 94 heavy (non-hydrogen) atoms. The number of amides is 7. The van der Waals surface area contributed by atoms with Crippen molar-refractivity contribution in [2.75, 3.05) is 61.9 Å². The Morgan fingerprint density at radius 1 is 0.894 bits per heavy atom. The van der Waals surface area contributed by atoms with Gasteiger partial charge in [-0.15, -0.1) is 11.3 Å². The minimum absolute atomic E-state index is 0.0229. The van der Waals surface area contributed by atoms with E-state index in [1.54, 1.807) is 62.1 Å². The van der Waals surface area contributed by atoms with Crippen LogP contribution in [-0.2, 0) is 49.6 Å². The molecule has 23 nitrogen and oxygen atoms in total. The SMILES string of the molecule is CO[C@H]1/C=C/O[C@@]2(C)Oc3c(C)c(=O)c4c(O)c(c5sc6cc(N7CCN(C(=O)OCc8ccc(NC(=O)CNC(=O)C(NC(=O)CCCCCN9C(=O)C=CC9=O)C(C)C)cc8)CC7)ccc6nc5c4c3C2=O)NC(=O)/C(C)=C\C=C\[C@H](C)C[C@@H](C)C[C@@H](C)[C@H](O)[C@@H]1C. The van der Waals surface area contributed by atoms with Crippen LogP contribution in [0.2, 0.25) is 0 Å². The zero-order valence-electron chi connectivity index (χ0n) is 54.8. The van der Waals surface area contributed by atoms with Crippen LogP contribution in [0.15, 0.2) is 95.6 Å². The number of rotatable bonds is 16. The number of fused-ring (bicyclic) bond motifs is 2. The number of aromatic nitrogens is 1. The summed E-state index contributed by atoms with van der Waals surface area (Å²) in [4.78, 5) is 129. The Balaban J connectivity index is 0.853. The van der Waals surface area contributed by atoms with E-state index in [0.29, 0.717) is 72.5 Å². The van der Waals surface area contributed by atoms with Gasteiger partial charge in [0.1, 0.15) is 24.1 Å². The summed E-state index contributed by atoms with van der Waals surface area (Å²) in [6.45, 7) is 17.7. The number of carbonyl (C=O) groups excluding carboxylic acids is 8. The highest BCUT2D eigenvalue weighted by Gasteiger charge is 2.49. The van der Waals surface area contributed by atoms with E-state index < -0.39 is 64.8 Å². The molecule has 0 spiro atoms. The van der Waals surface area contributed by atoms with Crippen molar-refractivity contribution in [3.63, 3.8) is 0 Å². The number of nitrogens with one attached hydrogen (secondary N) is 4. The van der Waals surface area contributed by atoms with Crippen molar-refractivity contribution < 1.29 is 67.5 Å². The zero-order valence-corrected chi connectivity index (χ0v) is 55.6. The molecule has 1 unspecified atom stereocenters. The van der Waals surface area contributed by atoms with Crippen molar-refractivity contribution in [3.8, 4) is 11.5 Å². The van der Waals surface area contributed by atoms with Crippen LogP contribution in [0, 0.1) is 36.5 Å². The first kappa shape index (κ1) is 69.3. The summed E-state index contributed by atoms with van der Waals surface area (Å²) >= 11 is 1.20. The van der Waals surface area contributed by atoms with E-state index in [-0.39, 0.29) is 117 Å². The second-order valence-corrected chi connectivity index (χ2v) is 26.6. The monoisotopic (exact) mass is 1310 g/mol. The third kappa shape index (κ3) is 15.6. The molecule has 9 rings (SSSR count). The van der Waals surface area contributed by atoms with E-state index in [0.717, 1.165) is 23.4 Å². The number of hydrogen-bond acceptors (Lipinski definition) is 18. The highest BCUT2D eigenvalue weighted by Crippen LogP contribution is 2.50. The predicted octanol–water partition coefficient (Wildman–Crippen LogP) is 9.09. The van der Waals surface area contributed by atoms with Gasteiger partial charge >= 0.3 is 11.9 Å². The smallest absolute Gasteiger partial charge is 0.410 e. The minimum atomic E-state index is -1.98. The molecule has 500 valence electrons. The number of phenols is 1. The Labute approximate surface area is 549 Å². The predicted molar refractivity (Wildman–Crippen MR) is 358 cm³/mol. The number of phenolic OH excluding ortho intramolecular Hbond substituents is 1. The molecule has 4 aliphatic heterocycles. The van der Waals surface area contributed by atoms with Gasteiger partial charge in [-0.25, -0.2) is 9.78 Å². The van der Waals surface area contributed by atoms with Crippen LogP contribution >= 0.6 is 11.3 Å². The molecule has 0 aliphatic carbocycles. The third-order valence-electron chi connectivity index (χ3n) is 17.9. The van der Waals surface area contributed by atoms with Gasteiger partial charge < -0.3 is 60.2 Å². The first-order chi connectivity index (χ1) is 44.8. The van der Waals surface area contributed by atoms with Crippen LogP contribution in [0.5, 0.6) is 11.5 Å². The lowest BCUT2D eigenvalue weighted by Gasteiger charge is -2.35. The summed E-state index contributed by atoms with van der Waals surface area (Å²) in [6.07, 6.45) is 12.4.